The second kappa shape index (κ2) is 7.77. The molecule has 34 heavy (non-hydrogen) atoms. The number of ketones is 1. The molecule has 3 aromatic heterocycles. The number of rotatable bonds is 3. The van der Waals surface area contributed by atoms with E-state index in [0.717, 1.165) is 46.6 Å². The number of aromatic amines is 1. The first-order chi connectivity index (χ1) is 16.6. The zero-order chi connectivity index (χ0) is 23.3. The summed E-state index contributed by atoms with van der Waals surface area (Å²) in [6.45, 7) is 2.00. The van der Waals surface area contributed by atoms with Crippen molar-refractivity contribution in [2.24, 2.45) is 17.8 Å². The van der Waals surface area contributed by atoms with Crippen LogP contribution in [0.5, 0.6) is 0 Å². The van der Waals surface area contributed by atoms with E-state index < -0.39 is 11.3 Å². The molecule has 1 fully saturated rings. The predicted molar refractivity (Wildman–Crippen MR) is 126 cm³/mol. The highest BCUT2D eigenvalue weighted by Crippen LogP contribution is 2.56. The minimum Gasteiger partial charge on any atom is -0.298 e. The summed E-state index contributed by atoms with van der Waals surface area (Å²) in [7, 11) is 0. The van der Waals surface area contributed by atoms with Crippen LogP contribution in [0.25, 0.3) is 16.9 Å². The molecular formula is C27H24N6O. The van der Waals surface area contributed by atoms with Crippen molar-refractivity contribution in [3.05, 3.63) is 84.1 Å². The van der Waals surface area contributed by atoms with Gasteiger partial charge in [0.05, 0.1) is 23.6 Å². The van der Waals surface area contributed by atoms with Gasteiger partial charge in [0.15, 0.2) is 5.78 Å². The Bertz CT molecular complexity index is 1400. The fourth-order valence-electron chi connectivity index (χ4n) is 6.22. The fraction of sp³-hybridized carbons (Fsp3) is 0.296. The molecule has 3 heterocycles. The molecule has 0 spiro atoms. The predicted octanol–water partition coefficient (Wildman–Crippen LogP) is 4.25. The van der Waals surface area contributed by atoms with Crippen molar-refractivity contribution in [2.75, 3.05) is 0 Å². The first kappa shape index (κ1) is 20.5. The zero-order valence-electron chi connectivity index (χ0n) is 18.8. The summed E-state index contributed by atoms with van der Waals surface area (Å²) in [4.78, 5) is 17.1. The average Bonchev–Trinajstić information content (AvgIpc) is 3.55. The standard InChI is InChI=1S/C27H24N6O/c1-17-23-8-7-22-24(19-15-30-33(16-19)21-9-11-29-12-10-21)31-32-26(22)27(23,13-18(14-28)25(17)34)20-5-3-2-4-6-20/h2-6,9-12,15-18,23H,7-8,13H2,1H3,(H,31,32)/t17-,18?,23-,27+/m0/s1. The van der Waals surface area contributed by atoms with E-state index in [1.807, 2.05) is 54.3 Å². The minimum absolute atomic E-state index is 0.0703. The monoisotopic (exact) mass is 448 g/mol. The Labute approximate surface area is 197 Å². The number of carbonyl (C=O) groups is 1. The van der Waals surface area contributed by atoms with Crippen LogP contribution in [0.2, 0.25) is 0 Å². The lowest BCUT2D eigenvalue weighted by Crippen LogP contribution is -2.52. The molecule has 6 rings (SSSR count). The second-order valence-electron chi connectivity index (χ2n) is 9.36. The molecule has 1 aromatic carbocycles. The van der Waals surface area contributed by atoms with E-state index in [-0.39, 0.29) is 17.6 Å². The van der Waals surface area contributed by atoms with Crippen molar-refractivity contribution in [3.8, 4) is 23.0 Å². The van der Waals surface area contributed by atoms with E-state index in [2.05, 4.69) is 33.4 Å². The number of nitrogens with zero attached hydrogens (tertiary/aromatic N) is 5. The molecule has 1 saturated carbocycles. The lowest BCUT2D eigenvalue weighted by molar-refractivity contribution is -0.131. The molecule has 4 atom stereocenters. The van der Waals surface area contributed by atoms with Gasteiger partial charge in [0.1, 0.15) is 5.92 Å². The second-order valence-corrected chi connectivity index (χ2v) is 9.36. The Kier molecular flexibility index (Phi) is 4.70. The number of aromatic nitrogens is 5. The van der Waals surface area contributed by atoms with Gasteiger partial charge in [-0.15, -0.1) is 0 Å². The van der Waals surface area contributed by atoms with Crippen molar-refractivity contribution in [1.29, 1.82) is 5.26 Å². The highest BCUT2D eigenvalue weighted by molar-refractivity contribution is 5.87. The van der Waals surface area contributed by atoms with Gasteiger partial charge in [0.2, 0.25) is 0 Å². The van der Waals surface area contributed by atoms with Gasteiger partial charge in [0.25, 0.3) is 0 Å². The summed E-state index contributed by atoms with van der Waals surface area (Å²) in [5.74, 6) is -0.625. The topological polar surface area (TPSA) is 100 Å². The van der Waals surface area contributed by atoms with Crippen molar-refractivity contribution < 1.29 is 4.79 Å². The van der Waals surface area contributed by atoms with Crippen LogP contribution in [0.1, 0.15) is 36.6 Å². The summed E-state index contributed by atoms with van der Waals surface area (Å²) in [5.41, 5.74) is 5.66. The first-order valence-electron chi connectivity index (χ1n) is 11.7. The maximum atomic E-state index is 13.0. The third kappa shape index (κ3) is 2.88. The fourth-order valence-corrected chi connectivity index (χ4v) is 6.22. The quantitative estimate of drug-likeness (QED) is 0.505. The van der Waals surface area contributed by atoms with Crippen LogP contribution in [0, 0.1) is 29.1 Å². The van der Waals surface area contributed by atoms with E-state index in [1.54, 1.807) is 12.4 Å². The molecule has 0 aliphatic heterocycles. The Morgan fingerprint density at radius 1 is 1.18 bits per heavy atom. The third-order valence-electron chi connectivity index (χ3n) is 7.80. The maximum absolute atomic E-state index is 13.0. The van der Waals surface area contributed by atoms with Crippen LogP contribution in [0.4, 0.5) is 0 Å². The van der Waals surface area contributed by atoms with Crippen molar-refractivity contribution in [3.63, 3.8) is 0 Å². The third-order valence-corrected chi connectivity index (χ3v) is 7.80. The van der Waals surface area contributed by atoms with Gasteiger partial charge in [-0.2, -0.15) is 15.5 Å². The molecular weight excluding hydrogens is 424 g/mol. The largest absolute Gasteiger partial charge is 0.298 e. The molecule has 1 unspecified atom stereocenters. The lowest BCUT2D eigenvalue weighted by atomic mass is 9.51. The van der Waals surface area contributed by atoms with E-state index in [9.17, 15) is 10.1 Å². The van der Waals surface area contributed by atoms with E-state index in [0.29, 0.717) is 6.42 Å². The van der Waals surface area contributed by atoms with E-state index >= 15 is 0 Å². The van der Waals surface area contributed by atoms with Crippen LogP contribution in [0.15, 0.2) is 67.3 Å². The van der Waals surface area contributed by atoms with Gasteiger partial charge >= 0.3 is 0 Å². The number of hydrogen-bond acceptors (Lipinski definition) is 5. The molecule has 0 bridgehead atoms. The number of H-pyrrole nitrogens is 1. The first-order valence-corrected chi connectivity index (χ1v) is 11.7. The van der Waals surface area contributed by atoms with Gasteiger partial charge < -0.3 is 0 Å². The van der Waals surface area contributed by atoms with Crippen LogP contribution in [0.3, 0.4) is 0 Å². The van der Waals surface area contributed by atoms with Crippen LogP contribution < -0.4 is 0 Å². The number of fused-ring (bicyclic) bond motifs is 3. The summed E-state index contributed by atoms with van der Waals surface area (Å²) < 4.78 is 1.82. The molecule has 0 amide bonds. The number of hydrogen-bond donors (Lipinski definition) is 1. The smallest absolute Gasteiger partial charge is 0.153 e. The minimum atomic E-state index is -0.626. The van der Waals surface area contributed by atoms with E-state index in [1.165, 1.54) is 0 Å². The van der Waals surface area contributed by atoms with Crippen LogP contribution in [-0.2, 0) is 16.6 Å². The van der Waals surface area contributed by atoms with Crippen molar-refractivity contribution in [1.82, 2.24) is 25.0 Å². The molecule has 2 aliphatic carbocycles. The summed E-state index contributed by atoms with van der Waals surface area (Å²) >= 11 is 0. The molecule has 0 radical (unpaired) electrons. The maximum Gasteiger partial charge on any atom is 0.153 e. The van der Waals surface area contributed by atoms with Gasteiger partial charge in [-0.1, -0.05) is 37.3 Å². The van der Waals surface area contributed by atoms with Crippen LogP contribution >= 0.6 is 0 Å². The molecule has 0 saturated heterocycles. The van der Waals surface area contributed by atoms with Gasteiger partial charge in [0, 0.05) is 46.7 Å². The number of nitrogens with one attached hydrogen (secondary N) is 1. The van der Waals surface area contributed by atoms with Gasteiger partial charge in [-0.05, 0) is 42.9 Å². The average molecular weight is 449 g/mol. The number of Topliss-reactive ketones (excluding diaryl/α,β-unsaturated/α-hetero) is 1. The zero-order valence-corrected chi connectivity index (χ0v) is 18.8. The SMILES string of the molecule is C[C@@H]1C(=O)C(C#N)C[C@]2(c3ccccc3)c3[nH]nc(-c4cnn(-c5ccncc5)c4)c3CC[C@@H]12. The Hall–Kier alpha value is -4.05. The number of pyridine rings is 1. The highest BCUT2D eigenvalue weighted by Gasteiger charge is 2.56. The normalized spacial score (nSPS) is 25.9. The summed E-state index contributed by atoms with van der Waals surface area (Å²) in [6.07, 6.45) is 9.49. The van der Waals surface area contributed by atoms with Crippen LogP contribution in [-0.4, -0.2) is 30.7 Å². The number of benzene rings is 1. The highest BCUT2D eigenvalue weighted by atomic mass is 16.1. The Balaban J connectivity index is 1.51. The number of nitriles is 1. The van der Waals surface area contributed by atoms with E-state index in [4.69, 9.17) is 5.10 Å². The molecule has 168 valence electrons. The molecule has 7 heteroatoms. The Morgan fingerprint density at radius 3 is 2.74 bits per heavy atom. The molecule has 1 N–H and O–H groups in total. The molecule has 4 aromatic rings. The van der Waals surface area contributed by atoms with Crippen molar-refractivity contribution >= 4 is 5.78 Å². The molecule has 7 nitrogen and oxygen atoms in total. The summed E-state index contributed by atoms with van der Waals surface area (Å²) in [5, 5.41) is 22.6. The van der Waals surface area contributed by atoms with Gasteiger partial charge in [-0.25, -0.2) is 4.68 Å². The summed E-state index contributed by atoms with van der Waals surface area (Å²) in [6, 6.07) is 16.4. The molecule has 2 aliphatic rings. The number of carbonyl (C=O) groups excluding carboxylic acids is 1. The van der Waals surface area contributed by atoms with Gasteiger partial charge in [-0.3, -0.25) is 14.9 Å². The van der Waals surface area contributed by atoms with Crippen molar-refractivity contribution in [2.45, 2.75) is 31.6 Å². The Morgan fingerprint density at radius 2 is 1.97 bits per heavy atom. The lowest BCUT2D eigenvalue weighted by Gasteiger charge is -2.50.